The summed E-state index contributed by atoms with van der Waals surface area (Å²) in [6.45, 7) is 1.29. The third kappa shape index (κ3) is 4.89. The predicted octanol–water partition coefficient (Wildman–Crippen LogP) is 0.161. The summed E-state index contributed by atoms with van der Waals surface area (Å²) in [5, 5.41) is 25.5. The molecule has 3 unspecified atom stereocenters. The topological polar surface area (TPSA) is 161 Å². The van der Waals surface area contributed by atoms with Gasteiger partial charge in [-0.25, -0.2) is 9.88 Å². The molecule has 2 aliphatic rings. The summed E-state index contributed by atoms with van der Waals surface area (Å²) < 4.78 is 23.7. The summed E-state index contributed by atoms with van der Waals surface area (Å²) in [6.07, 6.45) is 2.28. The van der Waals surface area contributed by atoms with Crippen molar-refractivity contribution in [3.63, 3.8) is 0 Å². The van der Waals surface area contributed by atoms with E-state index in [0.717, 1.165) is 16.8 Å². The molecule has 0 radical (unpaired) electrons. The van der Waals surface area contributed by atoms with Crippen LogP contribution in [0.2, 0.25) is 0 Å². The van der Waals surface area contributed by atoms with Gasteiger partial charge in [0, 0.05) is 12.3 Å². The van der Waals surface area contributed by atoms with Crippen LogP contribution in [0.4, 0.5) is 0 Å². The quantitative estimate of drug-likeness (QED) is 0.191. The lowest BCUT2D eigenvalue weighted by Crippen LogP contribution is -2.52. The van der Waals surface area contributed by atoms with Crippen LogP contribution in [0.15, 0.2) is 52.2 Å². The lowest BCUT2D eigenvalue weighted by atomic mass is 9.94. The second-order valence-electron chi connectivity index (χ2n) is 8.93. The van der Waals surface area contributed by atoms with E-state index in [2.05, 4.69) is 11.0 Å². The number of fused-ring (bicyclic) bond motifs is 1. The number of aromatic amines is 1. The summed E-state index contributed by atoms with van der Waals surface area (Å²) in [6, 6.07) is 8.51. The van der Waals surface area contributed by atoms with Crippen LogP contribution in [-0.4, -0.2) is 61.3 Å². The van der Waals surface area contributed by atoms with Crippen molar-refractivity contribution in [3.05, 3.63) is 63.4 Å². The number of esters is 1. The molecular weight excluding hydrogens is 525 g/mol. The molecule has 1 aliphatic heterocycles. The molecule has 12 nitrogen and oxygen atoms in total. The second-order valence-corrected chi connectivity index (χ2v) is 12.0. The Morgan fingerprint density at radius 1 is 1.27 bits per heavy atom. The Morgan fingerprint density at radius 3 is 2.54 bits per heavy atom. The van der Waals surface area contributed by atoms with Gasteiger partial charge in [-0.05, 0) is 44.7 Å². The Balaban J connectivity index is 1.61. The molecule has 2 heterocycles. The number of carbonyl (C=O) groups excluding carboxylic acids is 1. The van der Waals surface area contributed by atoms with Gasteiger partial charge in [0.15, 0.2) is 11.8 Å². The fourth-order valence-electron chi connectivity index (χ4n) is 4.03. The van der Waals surface area contributed by atoms with E-state index in [9.17, 15) is 24.6 Å². The normalized spacial score (nSPS) is 30.6. The van der Waals surface area contributed by atoms with Gasteiger partial charge in [0.2, 0.25) is 5.60 Å². The molecule has 1 saturated carbocycles. The third-order valence-electron chi connectivity index (χ3n) is 5.88. The first-order valence-electron chi connectivity index (χ1n) is 11.3. The van der Waals surface area contributed by atoms with E-state index in [1.165, 1.54) is 6.92 Å². The molecule has 7 atom stereocenters. The van der Waals surface area contributed by atoms with Crippen LogP contribution in [-0.2, 0) is 30.6 Å². The van der Waals surface area contributed by atoms with E-state index in [1.807, 2.05) is 4.98 Å². The Morgan fingerprint density at radius 2 is 1.95 bits per heavy atom. The summed E-state index contributed by atoms with van der Waals surface area (Å²) in [4.78, 5) is 38.2. The summed E-state index contributed by atoms with van der Waals surface area (Å²) in [5.41, 5.74) is -6.19. The number of aromatic nitrogens is 2. The first kappa shape index (κ1) is 27.2. The van der Waals surface area contributed by atoms with Gasteiger partial charge in [-0.2, -0.15) is 0 Å². The van der Waals surface area contributed by atoms with E-state index < -0.39 is 59.5 Å². The number of hydrogen-bond acceptors (Lipinski definition) is 10. The van der Waals surface area contributed by atoms with E-state index in [-0.39, 0.29) is 6.10 Å². The lowest BCUT2D eigenvalue weighted by molar-refractivity contribution is -0.149. The van der Waals surface area contributed by atoms with E-state index in [0.29, 0.717) is 5.75 Å². The number of ether oxygens (including phenoxy) is 2. The molecule has 4 N–H and O–H groups in total. The zero-order chi connectivity index (χ0) is 27.2. The van der Waals surface area contributed by atoms with Crippen LogP contribution in [0.5, 0.6) is 5.75 Å². The Labute approximate surface area is 216 Å². The Kier molecular flexibility index (Phi) is 7.22. The van der Waals surface area contributed by atoms with E-state index >= 15 is 0 Å². The number of nitrogens with zero attached hydrogens (tertiary/aromatic N) is 1. The van der Waals surface area contributed by atoms with Gasteiger partial charge in [-0.15, -0.1) is 6.42 Å². The van der Waals surface area contributed by atoms with Crippen LogP contribution in [0.25, 0.3) is 0 Å². The molecular formula is C23H26N3O9PS. The summed E-state index contributed by atoms with van der Waals surface area (Å²) >= 11 is 5.66. The minimum atomic E-state index is -3.61. The highest BCUT2D eigenvalue weighted by Gasteiger charge is 2.85. The van der Waals surface area contributed by atoms with Crippen molar-refractivity contribution >= 4 is 24.4 Å². The highest BCUT2D eigenvalue weighted by atomic mass is 32.5. The fourth-order valence-corrected chi connectivity index (χ4v) is 6.75. The average Bonchev–Trinajstić information content (AvgIpc) is 3.29. The lowest BCUT2D eigenvalue weighted by Gasteiger charge is -2.33. The number of rotatable bonds is 9. The van der Waals surface area contributed by atoms with Crippen molar-refractivity contribution in [3.8, 4) is 18.1 Å². The van der Waals surface area contributed by atoms with Crippen LogP contribution >= 0.6 is 6.64 Å². The highest BCUT2D eigenvalue weighted by Crippen LogP contribution is 2.64. The van der Waals surface area contributed by atoms with Gasteiger partial charge >= 0.3 is 18.3 Å². The van der Waals surface area contributed by atoms with Crippen molar-refractivity contribution in [2.75, 3.05) is 0 Å². The SMILES string of the molecule is C#C[C@]1(O)[C@H](n2ccc(=O)[nH]c2=O)O[C@@H]2C(OP(=S)(NC(C)C(=O)OC(C)C)Oc3ccccc3)[C@]21O. The van der Waals surface area contributed by atoms with Crippen molar-refractivity contribution < 1.29 is 33.5 Å². The van der Waals surface area contributed by atoms with Crippen molar-refractivity contribution in [1.82, 2.24) is 14.6 Å². The fraction of sp³-hybridized carbons (Fsp3) is 0.435. The second kappa shape index (κ2) is 9.81. The van der Waals surface area contributed by atoms with Crippen LogP contribution in [0, 0.1) is 12.3 Å². The number of benzene rings is 1. The number of nitrogens with one attached hydrogen (secondary N) is 2. The molecule has 0 amide bonds. The Hall–Kier alpha value is -2.82. The molecule has 37 heavy (non-hydrogen) atoms. The highest BCUT2D eigenvalue weighted by molar-refractivity contribution is 8.09. The average molecular weight is 552 g/mol. The first-order chi connectivity index (χ1) is 17.3. The van der Waals surface area contributed by atoms with Gasteiger partial charge in [-0.1, -0.05) is 24.1 Å². The maximum absolute atomic E-state index is 12.4. The van der Waals surface area contributed by atoms with Crippen LogP contribution < -0.4 is 20.9 Å². The molecule has 4 rings (SSSR count). The first-order valence-corrected chi connectivity index (χ1v) is 13.9. The number of carbonyl (C=O) groups is 1. The number of H-pyrrole nitrogens is 1. The number of hydrogen-bond donors (Lipinski definition) is 4. The predicted molar refractivity (Wildman–Crippen MR) is 134 cm³/mol. The summed E-state index contributed by atoms with van der Waals surface area (Å²) in [5.74, 6) is 1.82. The maximum atomic E-state index is 12.4. The number of para-hydroxylation sites is 1. The smallest absolute Gasteiger partial charge is 0.330 e. The van der Waals surface area contributed by atoms with Crippen LogP contribution in [0.3, 0.4) is 0 Å². The molecule has 2 fully saturated rings. The molecule has 198 valence electrons. The summed E-state index contributed by atoms with van der Waals surface area (Å²) in [7, 11) is 0. The zero-order valence-corrected chi connectivity index (χ0v) is 21.8. The van der Waals surface area contributed by atoms with Gasteiger partial charge in [-0.3, -0.25) is 23.7 Å². The van der Waals surface area contributed by atoms with Gasteiger partial charge in [0.25, 0.3) is 5.56 Å². The molecule has 1 aliphatic carbocycles. The molecule has 1 saturated heterocycles. The maximum Gasteiger partial charge on any atom is 0.330 e. The largest absolute Gasteiger partial charge is 0.462 e. The Bertz CT molecular complexity index is 1390. The molecule has 14 heteroatoms. The molecule has 1 aromatic heterocycles. The van der Waals surface area contributed by atoms with Crippen molar-refractivity contribution in [2.45, 2.75) is 62.6 Å². The van der Waals surface area contributed by atoms with E-state index in [4.69, 9.17) is 36.8 Å². The monoisotopic (exact) mass is 551 g/mol. The molecule has 0 bridgehead atoms. The third-order valence-corrected chi connectivity index (χ3v) is 8.34. The standard InChI is InChI=1S/C23H26N3O9PS/c1-5-22(30)20(26-12-11-16(27)24-21(26)29)33-17-18(23(17,22)31)35-36(37,34-15-9-7-6-8-10-15)25-14(4)19(28)32-13(2)3/h1,6-14,17-18,20,30-31H,2-4H3,(H,25,37)(H,24,27,29)/t14?,17-,18?,20-,22+,23-,36?/m1/s1. The van der Waals surface area contributed by atoms with Crippen molar-refractivity contribution in [2.24, 2.45) is 0 Å². The van der Waals surface area contributed by atoms with Gasteiger partial charge in [0.1, 0.15) is 24.0 Å². The van der Waals surface area contributed by atoms with Crippen molar-refractivity contribution in [1.29, 1.82) is 0 Å². The number of terminal acetylenes is 1. The molecule has 1 aromatic carbocycles. The minimum Gasteiger partial charge on any atom is -0.462 e. The van der Waals surface area contributed by atoms with E-state index in [1.54, 1.807) is 44.2 Å². The van der Waals surface area contributed by atoms with Gasteiger partial charge in [0.05, 0.1) is 6.10 Å². The minimum absolute atomic E-state index is 0.325. The molecule has 2 aromatic rings. The zero-order valence-electron chi connectivity index (χ0n) is 20.1. The van der Waals surface area contributed by atoms with Gasteiger partial charge < -0.3 is 24.2 Å². The number of aliphatic hydroxyl groups is 2. The molecule has 0 spiro atoms. The van der Waals surface area contributed by atoms with Crippen LogP contribution in [0.1, 0.15) is 27.0 Å².